The van der Waals surface area contributed by atoms with Gasteiger partial charge in [0.15, 0.2) is 0 Å². The molecule has 1 aliphatic heterocycles. The lowest BCUT2D eigenvalue weighted by Crippen LogP contribution is -2.35. The lowest BCUT2D eigenvalue weighted by Gasteiger charge is -2.30. The normalized spacial score (nSPS) is 29.8. The fraction of sp³-hybridized carbons (Fsp3) is 0.500. The number of hydrogen-bond donors (Lipinski definition) is 1. The molecule has 0 bridgehead atoms. The molecule has 3 atom stereocenters. The number of aliphatic hydroxyl groups is 1. The largest absolute Gasteiger partial charge is 0.383 e. The molecule has 1 saturated carbocycles. The van der Waals surface area contributed by atoms with Gasteiger partial charge >= 0.3 is 0 Å². The number of aryl methyl sites for hydroxylation is 2. The molecule has 2 aromatic heterocycles. The van der Waals surface area contributed by atoms with Crippen LogP contribution in [0.1, 0.15) is 35.2 Å². The van der Waals surface area contributed by atoms with Gasteiger partial charge in [0.1, 0.15) is 5.60 Å². The van der Waals surface area contributed by atoms with E-state index >= 15 is 0 Å². The van der Waals surface area contributed by atoms with Crippen LogP contribution in [0.2, 0.25) is 0 Å². The van der Waals surface area contributed by atoms with Crippen LogP contribution >= 0.6 is 0 Å². The second-order valence-electron chi connectivity index (χ2n) is 7.55. The molecule has 2 aliphatic rings. The first-order valence-corrected chi connectivity index (χ1v) is 8.83. The quantitative estimate of drug-likeness (QED) is 0.943. The first kappa shape index (κ1) is 15.7. The smallest absolute Gasteiger partial charge is 0.111 e. The van der Waals surface area contributed by atoms with Gasteiger partial charge < -0.3 is 5.11 Å². The number of aromatic nitrogens is 2. The number of likely N-dealkylation sites (tertiary alicyclic amines) is 1. The van der Waals surface area contributed by atoms with E-state index in [4.69, 9.17) is 0 Å². The summed E-state index contributed by atoms with van der Waals surface area (Å²) in [5.74, 6) is 0.857. The van der Waals surface area contributed by atoms with Crippen LogP contribution in [0.3, 0.4) is 0 Å². The van der Waals surface area contributed by atoms with E-state index in [0.29, 0.717) is 5.92 Å². The summed E-state index contributed by atoms with van der Waals surface area (Å²) >= 11 is 0. The first-order valence-electron chi connectivity index (χ1n) is 8.83. The Labute approximate surface area is 143 Å². The second-order valence-corrected chi connectivity index (χ2v) is 7.55. The minimum atomic E-state index is -0.763. The fourth-order valence-corrected chi connectivity index (χ4v) is 4.48. The van der Waals surface area contributed by atoms with E-state index in [0.717, 1.165) is 43.7 Å². The highest BCUT2D eigenvalue weighted by molar-refractivity contribution is 5.24. The highest BCUT2D eigenvalue weighted by Crippen LogP contribution is 2.50. The van der Waals surface area contributed by atoms with Crippen LogP contribution in [0, 0.1) is 25.7 Å². The zero-order valence-electron chi connectivity index (χ0n) is 14.4. The Hall–Kier alpha value is -1.78. The molecule has 3 heterocycles. The highest BCUT2D eigenvalue weighted by atomic mass is 16.3. The van der Waals surface area contributed by atoms with Crippen molar-refractivity contribution in [3.05, 3.63) is 59.2 Å². The Kier molecular flexibility index (Phi) is 3.89. The van der Waals surface area contributed by atoms with Gasteiger partial charge in [0.2, 0.25) is 0 Å². The third kappa shape index (κ3) is 2.64. The van der Waals surface area contributed by atoms with E-state index in [-0.39, 0.29) is 5.92 Å². The molecule has 0 spiro atoms. The molecule has 2 fully saturated rings. The van der Waals surface area contributed by atoms with Crippen molar-refractivity contribution in [2.75, 3.05) is 13.1 Å². The molecule has 2 aromatic rings. The van der Waals surface area contributed by atoms with Crippen molar-refractivity contribution >= 4 is 0 Å². The Morgan fingerprint density at radius 2 is 2.08 bits per heavy atom. The Balaban J connectivity index is 1.53. The predicted octanol–water partition coefficient (Wildman–Crippen LogP) is 2.82. The van der Waals surface area contributed by atoms with Crippen molar-refractivity contribution in [3.8, 4) is 0 Å². The minimum Gasteiger partial charge on any atom is -0.383 e. The summed E-state index contributed by atoms with van der Waals surface area (Å²) in [6, 6.07) is 6.17. The number of fused-ring (bicyclic) bond motifs is 1. The van der Waals surface area contributed by atoms with E-state index in [1.165, 1.54) is 11.1 Å². The molecule has 126 valence electrons. The van der Waals surface area contributed by atoms with Gasteiger partial charge in [0, 0.05) is 44.1 Å². The van der Waals surface area contributed by atoms with Gasteiger partial charge in [-0.2, -0.15) is 0 Å². The summed E-state index contributed by atoms with van der Waals surface area (Å²) in [5, 5.41) is 11.4. The summed E-state index contributed by atoms with van der Waals surface area (Å²) in [6.45, 7) is 7.11. The monoisotopic (exact) mass is 323 g/mol. The average molecular weight is 323 g/mol. The maximum absolute atomic E-state index is 11.4. The highest BCUT2D eigenvalue weighted by Gasteiger charge is 2.53. The predicted molar refractivity (Wildman–Crippen MR) is 93.3 cm³/mol. The van der Waals surface area contributed by atoms with E-state index in [1.807, 2.05) is 31.6 Å². The van der Waals surface area contributed by atoms with Gasteiger partial charge in [-0.1, -0.05) is 6.07 Å². The Morgan fingerprint density at radius 1 is 1.21 bits per heavy atom. The van der Waals surface area contributed by atoms with Crippen LogP contribution in [-0.4, -0.2) is 33.1 Å². The zero-order chi connectivity index (χ0) is 16.7. The van der Waals surface area contributed by atoms with Crippen LogP contribution in [-0.2, 0) is 12.1 Å². The molecular formula is C20H25N3O. The van der Waals surface area contributed by atoms with Crippen LogP contribution in [0.25, 0.3) is 0 Å². The fourth-order valence-electron chi connectivity index (χ4n) is 4.48. The first-order chi connectivity index (χ1) is 11.6. The van der Waals surface area contributed by atoms with Crippen molar-refractivity contribution in [1.29, 1.82) is 0 Å². The molecule has 1 aliphatic carbocycles. The van der Waals surface area contributed by atoms with E-state index in [2.05, 4.69) is 33.9 Å². The van der Waals surface area contributed by atoms with Crippen molar-refractivity contribution in [1.82, 2.24) is 14.9 Å². The zero-order valence-corrected chi connectivity index (χ0v) is 14.4. The minimum absolute atomic E-state index is 0.287. The molecular weight excluding hydrogens is 298 g/mol. The summed E-state index contributed by atoms with van der Waals surface area (Å²) in [6.07, 6.45) is 7.58. The van der Waals surface area contributed by atoms with Crippen molar-refractivity contribution in [2.45, 2.75) is 38.8 Å². The molecule has 4 nitrogen and oxygen atoms in total. The van der Waals surface area contributed by atoms with Gasteiger partial charge in [0.05, 0.1) is 5.69 Å². The van der Waals surface area contributed by atoms with Crippen molar-refractivity contribution in [2.24, 2.45) is 11.8 Å². The summed E-state index contributed by atoms with van der Waals surface area (Å²) in [7, 11) is 0. The van der Waals surface area contributed by atoms with Crippen molar-refractivity contribution in [3.63, 3.8) is 0 Å². The van der Waals surface area contributed by atoms with Crippen LogP contribution in [0.4, 0.5) is 0 Å². The van der Waals surface area contributed by atoms with Gasteiger partial charge in [-0.05, 0) is 61.4 Å². The standard InChI is InChI=1S/C20H25N3O/c1-14-3-4-19(22-9-14)20(24)7-5-17-12-23(13-18(17)20)11-16-6-8-21-10-15(16)2/h3-4,6,8-10,17-18,24H,5,7,11-13H2,1-2H3/t17-,18+,20-/m1/s1. The Morgan fingerprint density at radius 3 is 2.83 bits per heavy atom. The average Bonchev–Trinajstić information content (AvgIpc) is 3.11. The Bertz CT molecular complexity index is 730. The third-order valence-corrected chi connectivity index (χ3v) is 5.91. The van der Waals surface area contributed by atoms with E-state index in [9.17, 15) is 5.11 Å². The van der Waals surface area contributed by atoms with Gasteiger partial charge in [0.25, 0.3) is 0 Å². The molecule has 24 heavy (non-hydrogen) atoms. The molecule has 0 radical (unpaired) electrons. The third-order valence-electron chi connectivity index (χ3n) is 5.91. The number of pyridine rings is 2. The van der Waals surface area contributed by atoms with Gasteiger partial charge in [-0.15, -0.1) is 0 Å². The SMILES string of the molecule is Cc1ccc([C@@]2(O)CC[C@@H]3CN(Cc4ccncc4C)C[C@@H]32)nc1. The summed E-state index contributed by atoms with van der Waals surface area (Å²) in [4.78, 5) is 11.2. The lowest BCUT2D eigenvalue weighted by atomic mass is 9.85. The topological polar surface area (TPSA) is 49.2 Å². The number of hydrogen-bond acceptors (Lipinski definition) is 4. The second kappa shape index (κ2) is 5.94. The van der Waals surface area contributed by atoms with E-state index < -0.39 is 5.60 Å². The van der Waals surface area contributed by atoms with Crippen LogP contribution in [0.5, 0.6) is 0 Å². The summed E-state index contributed by atoms with van der Waals surface area (Å²) in [5.41, 5.74) is 3.80. The maximum Gasteiger partial charge on any atom is 0.111 e. The van der Waals surface area contributed by atoms with Crippen LogP contribution in [0.15, 0.2) is 36.8 Å². The molecule has 0 aromatic carbocycles. The lowest BCUT2D eigenvalue weighted by molar-refractivity contribution is -0.0108. The number of nitrogens with zero attached hydrogens (tertiary/aromatic N) is 3. The molecule has 4 heteroatoms. The number of rotatable bonds is 3. The van der Waals surface area contributed by atoms with Crippen molar-refractivity contribution < 1.29 is 5.11 Å². The van der Waals surface area contributed by atoms with Gasteiger partial charge in [-0.3, -0.25) is 14.9 Å². The maximum atomic E-state index is 11.4. The molecule has 0 amide bonds. The molecule has 1 N–H and O–H groups in total. The molecule has 4 rings (SSSR count). The van der Waals surface area contributed by atoms with E-state index in [1.54, 1.807) is 0 Å². The summed E-state index contributed by atoms with van der Waals surface area (Å²) < 4.78 is 0. The molecule has 1 saturated heterocycles. The van der Waals surface area contributed by atoms with Crippen LogP contribution < -0.4 is 0 Å². The van der Waals surface area contributed by atoms with Gasteiger partial charge in [-0.25, -0.2) is 0 Å². The molecule has 0 unspecified atom stereocenters.